The molecule has 0 aromatic rings. The second kappa shape index (κ2) is 6.48. The third-order valence-corrected chi connectivity index (χ3v) is 2.84. The highest BCUT2D eigenvalue weighted by atomic mass is 16.5. The molecule has 5 heteroatoms. The zero-order chi connectivity index (χ0) is 12.0. The van der Waals surface area contributed by atoms with Gasteiger partial charge in [0.15, 0.2) is 0 Å². The van der Waals surface area contributed by atoms with E-state index in [-0.39, 0.29) is 24.3 Å². The van der Waals surface area contributed by atoms with Crippen molar-refractivity contribution in [2.45, 2.75) is 20.3 Å². The first-order valence-corrected chi connectivity index (χ1v) is 5.78. The maximum absolute atomic E-state index is 11.7. The van der Waals surface area contributed by atoms with Crippen molar-refractivity contribution < 1.29 is 14.3 Å². The standard InChI is InChI=1S/C11H20N2O3/c1-3-9(2)11(15)12-8-10(14)13-4-6-16-7-5-13/h9H,3-8H2,1-2H3,(H,12,15)/t9-/m1/s1. The topological polar surface area (TPSA) is 58.6 Å². The highest BCUT2D eigenvalue weighted by Gasteiger charge is 2.18. The van der Waals surface area contributed by atoms with Gasteiger partial charge in [0, 0.05) is 19.0 Å². The highest BCUT2D eigenvalue weighted by Crippen LogP contribution is 2.00. The first-order chi connectivity index (χ1) is 7.65. The molecule has 5 nitrogen and oxygen atoms in total. The van der Waals surface area contributed by atoms with E-state index in [1.165, 1.54) is 0 Å². The van der Waals surface area contributed by atoms with E-state index in [0.717, 1.165) is 6.42 Å². The molecule has 1 aliphatic rings. The van der Waals surface area contributed by atoms with E-state index in [1.807, 2.05) is 13.8 Å². The third kappa shape index (κ3) is 3.81. The average molecular weight is 228 g/mol. The molecule has 0 bridgehead atoms. The van der Waals surface area contributed by atoms with Crippen LogP contribution in [-0.4, -0.2) is 49.6 Å². The highest BCUT2D eigenvalue weighted by molar-refractivity contribution is 5.85. The molecule has 92 valence electrons. The number of morpholine rings is 1. The summed E-state index contributed by atoms with van der Waals surface area (Å²) < 4.78 is 5.15. The number of carbonyl (C=O) groups excluding carboxylic acids is 2. The number of carbonyl (C=O) groups is 2. The minimum absolute atomic E-state index is 0.0278. The van der Waals surface area contributed by atoms with Crippen LogP contribution < -0.4 is 5.32 Å². The van der Waals surface area contributed by atoms with Crippen LogP contribution in [0.4, 0.5) is 0 Å². The summed E-state index contributed by atoms with van der Waals surface area (Å²) in [5.74, 6) is -0.110. The van der Waals surface area contributed by atoms with Crippen molar-refractivity contribution in [1.82, 2.24) is 10.2 Å². The van der Waals surface area contributed by atoms with Crippen LogP contribution in [0.25, 0.3) is 0 Å². The lowest BCUT2D eigenvalue weighted by Crippen LogP contribution is -2.46. The van der Waals surface area contributed by atoms with Crippen LogP contribution in [0, 0.1) is 5.92 Å². The molecule has 0 radical (unpaired) electrons. The summed E-state index contributed by atoms with van der Waals surface area (Å²) >= 11 is 0. The van der Waals surface area contributed by atoms with Crippen LogP contribution in [0.3, 0.4) is 0 Å². The smallest absolute Gasteiger partial charge is 0.242 e. The molecule has 0 unspecified atom stereocenters. The molecular formula is C11H20N2O3. The Bertz CT molecular complexity index is 250. The second-order valence-corrected chi connectivity index (χ2v) is 4.02. The van der Waals surface area contributed by atoms with E-state index in [0.29, 0.717) is 26.3 Å². The molecule has 0 aromatic heterocycles. The number of nitrogens with one attached hydrogen (secondary N) is 1. The van der Waals surface area contributed by atoms with Gasteiger partial charge in [-0.1, -0.05) is 13.8 Å². The summed E-state index contributed by atoms with van der Waals surface area (Å²) in [5, 5.41) is 2.66. The van der Waals surface area contributed by atoms with Crippen LogP contribution >= 0.6 is 0 Å². The predicted molar refractivity (Wildman–Crippen MR) is 59.9 cm³/mol. The summed E-state index contributed by atoms with van der Waals surface area (Å²) in [6.07, 6.45) is 0.789. The van der Waals surface area contributed by atoms with Crippen LogP contribution in [0.15, 0.2) is 0 Å². The molecule has 1 atom stereocenters. The van der Waals surface area contributed by atoms with Gasteiger partial charge in [-0.05, 0) is 6.42 Å². The Morgan fingerprint density at radius 3 is 2.56 bits per heavy atom. The minimum Gasteiger partial charge on any atom is -0.378 e. The van der Waals surface area contributed by atoms with Gasteiger partial charge in [0.05, 0.1) is 19.8 Å². The van der Waals surface area contributed by atoms with Gasteiger partial charge in [0.1, 0.15) is 0 Å². The van der Waals surface area contributed by atoms with E-state index in [1.54, 1.807) is 4.90 Å². The fraction of sp³-hybridized carbons (Fsp3) is 0.818. The Morgan fingerprint density at radius 1 is 1.38 bits per heavy atom. The molecular weight excluding hydrogens is 208 g/mol. The van der Waals surface area contributed by atoms with Crippen LogP contribution in [0.1, 0.15) is 20.3 Å². The fourth-order valence-electron chi connectivity index (χ4n) is 1.45. The summed E-state index contributed by atoms with van der Waals surface area (Å²) in [6.45, 7) is 6.33. The number of ether oxygens (including phenoxy) is 1. The predicted octanol–water partition coefficient (Wildman–Crippen LogP) is 0.00750. The Kier molecular flexibility index (Phi) is 5.25. The molecule has 1 fully saturated rings. The van der Waals surface area contributed by atoms with Crippen molar-refractivity contribution in [2.75, 3.05) is 32.8 Å². The second-order valence-electron chi connectivity index (χ2n) is 4.02. The average Bonchev–Trinajstić information content (AvgIpc) is 2.35. The number of rotatable bonds is 4. The summed E-state index contributed by atoms with van der Waals surface area (Å²) in [6, 6.07) is 0. The van der Waals surface area contributed by atoms with E-state index in [9.17, 15) is 9.59 Å². The molecule has 1 aliphatic heterocycles. The maximum Gasteiger partial charge on any atom is 0.242 e. The zero-order valence-electron chi connectivity index (χ0n) is 9.99. The van der Waals surface area contributed by atoms with Crippen molar-refractivity contribution in [2.24, 2.45) is 5.92 Å². The first kappa shape index (κ1) is 13.0. The summed E-state index contributed by atoms with van der Waals surface area (Å²) in [4.78, 5) is 24.8. The van der Waals surface area contributed by atoms with Crippen LogP contribution in [-0.2, 0) is 14.3 Å². The van der Waals surface area contributed by atoms with Crippen LogP contribution in [0.5, 0.6) is 0 Å². The van der Waals surface area contributed by atoms with Crippen LogP contribution in [0.2, 0.25) is 0 Å². The van der Waals surface area contributed by atoms with Crippen molar-refractivity contribution in [3.05, 3.63) is 0 Å². The van der Waals surface area contributed by atoms with Crippen molar-refractivity contribution in [3.63, 3.8) is 0 Å². The largest absolute Gasteiger partial charge is 0.378 e. The van der Waals surface area contributed by atoms with Gasteiger partial charge >= 0.3 is 0 Å². The molecule has 0 saturated carbocycles. The Balaban J connectivity index is 2.26. The monoisotopic (exact) mass is 228 g/mol. The molecule has 0 spiro atoms. The van der Waals surface area contributed by atoms with E-state index in [2.05, 4.69) is 5.32 Å². The number of amides is 2. The third-order valence-electron chi connectivity index (χ3n) is 2.84. The van der Waals surface area contributed by atoms with E-state index >= 15 is 0 Å². The molecule has 0 aromatic carbocycles. The van der Waals surface area contributed by atoms with Gasteiger partial charge in [-0.15, -0.1) is 0 Å². The van der Waals surface area contributed by atoms with Crippen molar-refractivity contribution >= 4 is 11.8 Å². The fourth-order valence-corrected chi connectivity index (χ4v) is 1.45. The Hall–Kier alpha value is -1.10. The van der Waals surface area contributed by atoms with Gasteiger partial charge in [-0.25, -0.2) is 0 Å². The van der Waals surface area contributed by atoms with Gasteiger partial charge in [0.2, 0.25) is 11.8 Å². The van der Waals surface area contributed by atoms with Gasteiger partial charge in [-0.2, -0.15) is 0 Å². The molecule has 1 saturated heterocycles. The summed E-state index contributed by atoms with van der Waals surface area (Å²) in [7, 11) is 0. The number of hydrogen-bond acceptors (Lipinski definition) is 3. The Morgan fingerprint density at radius 2 is 2.00 bits per heavy atom. The molecule has 1 rings (SSSR count). The Labute approximate surface area is 96.1 Å². The zero-order valence-corrected chi connectivity index (χ0v) is 9.99. The molecule has 16 heavy (non-hydrogen) atoms. The molecule has 1 heterocycles. The minimum atomic E-state index is -0.0518. The maximum atomic E-state index is 11.7. The lowest BCUT2D eigenvalue weighted by Gasteiger charge is -2.27. The lowest BCUT2D eigenvalue weighted by molar-refractivity contribution is -0.136. The SMILES string of the molecule is CC[C@@H](C)C(=O)NCC(=O)N1CCOCC1. The molecule has 2 amide bonds. The van der Waals surface area contributed by atoms with Gasteiger partial charge in [-0.3, -0.25) is 9.59 Å². The van der Waals surface area contributed by atoms with Gasteiger partial charge < -0.3 is 15.0 Å². The molecule has 0 aliphatic carbocycles. The van der Waals surface area contributed by atoms with E-state index in [4.69, 9.17) is 4.74 Å². The van der Waals surface area contributed by atoms with E-state index < -0.39 is 0 Å². The van der Waals surface area contributed by atoms with Crippen molar-refractivity contribution in [1.29, 1.82) is 0 Å². The number of hydrogen-bond donors (Lipinski definition) is 1. The first-order valence-electron chi connectivity index (χ1n) is 5.78. The number of nitrogens with zero attached hydrogens (tertiary/aromatic N) is 1. The lowest BCUT2D eigenvalue weighted by atomic mass is 10.1. The molecule has 1 N–H and O–H groups in total. The summed E-state index contributed by atoms with van der Waals surface area (Å²) in [5.41, 5.74) is 0. The van der Waals surface area contributed by atoms with Gasteiger partial charge in [0.25, 0.3) is 0 Å². The quantitative estimate of drug-likeness (QED) is 0.737. The normalized spacial score (nSPS) is 18.0. The van der Waals surface area contributed by atoms with Crippen molar-refractivity contribution in [3.8, 4) is 0 Å².